The van der Waals surface area contributed by atoms with Crippen molar-refractivity contribution in [3.8, 4) is 5.88 Å². The van der Waals surface area contributed by atoms with Crippen LogP contribution in [0.4, 0.5) is 0 Å². The van der Waals surface area contributed by atoms with Gasteiger partial charge in [-0.05, 0) is 25.5 Å². The van der Waals surface area contributed by atoms with Crippen LogP contribution in [-0.4, -0.2) is 47.7 Å². The molecule has 1 aromatic rings. The van der Waals surface area contributed by atoms with E-state index in [9.17, 15) is 9.90 Å². The molecule has 0 aromatic carbocycles. The van der Waals surface area contributed by atoms with Crippen LogP contribution in [0.25, 0.3) is 0 Å². The predicted molar refractivity (Wildman–Crippen MR) is 64.0 cm³/mol. The molecule has 0 aliphatic heterocycles. The fourth-order valence-corrected chi connectivity index (χ4v) is 1.40. The second-order valence-corrected chi connectivity index (χ2v) is 3.92. The summed E-state index contributed by atoms with van der Waals surface area (Å²) in [6.07, 6.45) is 1.71. The van der Waals surface area contributed by atoms with Gasteiger partial charge in [0, 0.05) is 19.8 Å². The molecule has 1 rings (SSSR count). The first-order valence-electron chi connectivity index (χ1n) is 5.48. The van der Waals surface area contributed by atoms with Gasteiger partial charge in [0.2, 0.25) is 5.88 Å². The first-order valence-corrected chi connectivity index (χ1v) is 5.48. The van der Waals surface area contributed by atoms with Crippen molar-refractivity contribution in [3.63, 3.8) is 0 Å². The van der Waals surface area contributed by atoms with Crippen LogP contribution in [0, 0.1) is 0 Å². The fourth-order valence-electron chi connectivity index (χ4n) is 1.40. The number of amides is 1. The molecular weight excluding hydrogens is 220 g/mol. The molecule has 1 heterocycles. The third-order valence-corrected chi connectivity index (χ3v) is 2.42. The van der Waals surface area contributed by atoms with E-state index in [4.69, 9.17) is 4.74 Å². The maximum absolute atomic E-state index is 12.1. The van der Waals surface area contributed by atoms with E-state index in [0.29, 0.717) is 24.4 Å². The topological polar surface area (TPSA) is 62.7 Å². The van der Waals surface area contributed by atoms with Crippen molar-refractivity contribution >= 4 is 5.91 Å². The minimum atomic E-state index is -0.416. The molecule has 1 atom stereocenters. The highest BCUT2D eigenvalue weighted by Gasteiger charge is 2.17. The zero-order chi connectivity index (χ0) is 12.8. The number of aliphatic hydroxyl groups is 1. The molecule has 0 aliphatic carbocycles. The van der Waals surface area contributed by atoms with Crippen molar-refractivity contribution in [2.24, 2.45) is 0 Å². The lowest BCUT2D eigenvalue weighted by molar-refractivity contribution is 0.0765. The van der Waals surface area contributed by atoms with Crippen LogP contribution in [0.15, 0.2) is 18.3 Å². The van der Waals surface area contributed by atoms with Crippen molar-refractivity contribution in [2.45, 2.75) is 19.4 Å². The number of methoxy groups -OCH3 is 1. The van der Waals surface area contributed by atoms with Crippen molar-refractivity contribution in [3.05, 3.63) is 23.9 Å². The van der Waals surface area contributed by atoms with Gasteiger partial charge >= 0.3 is 0 Å². The van der Waals surface area contributed by atoms with Gasteiger partial charge in [0.1, 0.15) is 5.56 Å². The minimum Gasteiger partial charge on any atom is -0.480 e. The van der Waals surface area contributed by atoms with E-state index in [2.05, 4.69) is 4.98 Å². The average Bonchev–Trinajstić information content (AvgIpc) is 2.34. The van der Waals surface area contributed by atoms with Crippen LogP contribution in [-0.2, 0) is 0 Å². The summed E-state index contributed by atoms with van der Waals surface area (Å²) >= 11 is 0. The Balaban J connectivity index is 2.74. The molecule has 1 amide bonds. The summed E-state index contributed by atoms with van der Waals surface area (Å²) in [4.78, 5) is 17.6. The molecule has 5 heteroatoms. The number of carbonyl (C=O) groups excluding carboxylic acids is 1. The van der Waals surface area contributed by atoms with Gasteiger partial charge in [0.25, 0.3) is 5.91 Å². The third kappa shape index (κ3) is 3.71. The van der Waals surface area contributed by atoms with Crippen LogP contribution in [0.1, 0.15) is 23.7 Å². The van der Waals surface area contributed by atoms with Crippen molar-refractivity contribution in [2.75, 3.05) is 20.7 Å². The highest BCUT2D eigenvalue weighted by atomic mass is 16.5. The Kier molecular flexibility index (Phi) is 4.90. The summed E-state index contributed by atoms with van der Waals surface area (Å²) in [6, 6.07) is 3.37. The Hall–Kier alpha value is -1.62. The molecule has 0 aliphatic rings. The van der Waals surface area contributed by atoms with Crippen molar-refractivity contribution in [1.82, 2.24) is 9.88 Å². The Labute approximate surface area is 101 Å². The van der Waals surface area contributed by atoms with E-state index >= 15 is 0 Å². The molecule has 1 unspecified atom stereocenters. The van der Waals surface area contributed by atoms with Crippen LogP contribution < -0.4 is 4.74 Å². The lowest BCUT2D eigenvalue weighted by Crippen LogP contribution is -2.29. The summed E-state index contributed by atoms with van der Waals surface area (Å²) in [5.41, 5.74) is 0.433. The molecule has 0 bridgehead atoms. The smallest absolute Gasteiger partial charge is 0.259 e. The number of nitrogens with zero attached hydrogens (tertiary/aromatic N) is 2. The number of pyridine rings is 1. The first kappa shape index (κ1) is 13.4. The second kappa shape index (κ2) is 6.20. The molecule has 1 aromatic heterocycles. The fraction of sp³-hybridized carbons (Fsp3) is 0.500. The molecule has 0 saturated heterocycles. The van der Waals surface area contributed by atoms with E-state index in [1.54, 1.807) is 37.2 Å². The number of hydrogen-bond acceptors (Lipinski definition) is 4. The van der Waals surface area contributed by atoms with Gasteiger partial charge in [-0.2, -0.15) is 0 Å². The van der Waals surface area contributed by atoms with E-state index in [0.717, 1.165) is 0 Å². The largest absolute Gasteiger partial charge is 0.480 e. The van der Waals surface area contributed by atoms with Gasteiger partial charge in [-0.25, -0.2) is 4.98 Å². The monoisotopic (exact) mass is 238 g/mol. The highest BCUT2D eigenvalue weighted by molar-refractivity contribution is 5.96. The molecular formula is C12H18N2O3. The molecule has 0 radical (unpaired) electrons. The van der Waals surface area contributed by atoms with Crippen LogP contribution >= 0.6 is 0 Å². The van der Waals surface area contributed by atoms with Gasteiger partial charge in [-0.3, -0.25) is 4.79 Å². The number of aliphatic hydroxyl groups excluding tert-OH is 1. The SMILES string of the molecule is COc1ncccc1C(=O)N(C)CCC(C)O. The molecule has 0 saturated carbocycles. The molecule has 5 nitrogen and oxygen atoms in total. The van der Waals surface area contributed by atoms with Gasteiger partial charge in [-0.15, -0.1) is 0 Å². The zero-order valence-electron chi connectivity index (χ0n) is 10.4. The van der Waals surface area contributed by atoms with Crippen LogP contribution in [0.3, 0.4) is 0 Å². The number of hydrogen-bond donors (Lipinski definition) is 1. The molecule has 0 spiro atoms. The highest BCUT2D eigenvalue weighted by Crippen LogP contribution is 2.15. The molecule has 1 N–H and O–H groups in total. The third-order valence-electron chi connectivity index (χ3n) is 2.42. The summed E-state index contributed by atoms with van der Waals surface area (Å²) in [5, 5.41) is 9.18. The van der Waals surface area contributed by atoms with E-state index < -0.39 is 6.10 Å². The Bertz CT molecular complexity index is 380. The first-order chi connectivity index (χ1) is 8.06. The lowest BCUT2D eigenvalue weighted by Gasteiger charge is -2.18. The maximum Gasteiger partial charge on any atom is 0.259 e. The number of aromatic nitrogens is 1. The van der Waals surface area contributed by atoms with Gasteiger partial charge in [0.15, 0.2) is 0 Å². The van der Waals surface area contributed by atoms with Crippen molar-refractivity contribution < 1.29 is 14.6 Å². The van der Waals surface area contributed by atoms with Crippen LogP contribution in [0.2, 0.25) is 0 Å². The van der Waals surface area contributed by atoms with E-state index in [1.807, 2.05) is 0 Å². The summed E-state index contributed by atoms with van der Waals surface area (Å²) < 4.78 is 5.03. The van der Waals surface area contributed by atoms with Crippen molar-refractivity contribution in [1.29, 1.82) is 0 Å². The summed E-state index contributed by atoms with van der Waals surface area (Å²) in [6.45, 7) is 2.19. The van der Waals surface area contributed by atoms with Gasteiger partial charge < -0.3 is 14.7 Å². The number of rotatable bonds is 5. The normalized spacial score (nSPS) is 12.0. The molecule has 0 fully saturated rings. The zero-order valence-corrected chi connectivity index (χ0v) is 10.4. The van der Waals surface area contributed by atoms with E-state index in [1.165, 1.54) is 7.11 Å². The van der Waals surface area contributed by atoms with Gasteiger partial charge in [0.05, 0.1) is 13.2 Å². The summed E-state index contributed by atoms with van der Waals surface area (Å²) in [5.74, 6) is 0.164. The van der Waals surface area contributed by atoms with Crippen LogP contribution in [0.5, 0.6) is 5.88 Å². The number of carbonyl (C=O) groups is 1. The second-order valence-electron chi connectivity index (χ2n) is 3.92. The average molecular weight is 238 g/mol. The minimum absolute atomic E-state index is 0.157. The Morgan fingerprint density at radius 3 is 2.94 bits per heavy atom. The Morgan fingerprint density at radius 1 is 1.65 bits per heavy atom. The standard InChI is InChI=1S/C12H18N2O3/c1-9(15)6-8-14(2)12(16)10-5-4-7-13-11(10)17-3/h4-5,7,9,15H,6,8H2,1-3H3. The maximum atomic E-state index is 12.1. The Morgan fingerprint density at radius 2 is 2.35 bits per heavy atom. The summed E-state index contributed by atoms with van der Waals surface area (Å²) in [7, 11) is 3.17. The lowest BCUT2D eigenvalue weighted by atomic mass is 10.2. The molecule has 17 heavy (non-hydrogen) atoms. The quantitative estimate of drug-likeness (QED) is 0.829. The molecule has 94 valence electrons. The van der Waals surface area contributed by atoms with E-state index in [-0.39, 0.29) is 5.91 Å². The number of ether oxygens (including phenoxy) is 1. The van der Waals surface area contributed by atoms with Gasteiger partial charge in [-0.1, -0.05) is 0 Å². The predicted octanol–water partition coefficient (Wildman–Crippen LogP) is 0.933.